The van der Waals surface area contributed by atoms with Gasteiger partial charge in [0, 0.05) is 13.1 Å². The Bertz CT molecular complexity index is 895. The molecule has 0 aliphatic rings. The van der Waals surface area contributed by atoms with Crippen molar-refractivity contribution in [2.24, 2.45) is 5.92 Å². The van der Waals surface area contributed by atoms with Gasteiger partial charge in [-0.1, -0.05) is 43.7 Å². The van der Waals surface area contributed by atoms with Crippen molar-refractivity contribution in [1.29, 1.82) is 0 Å². The van der Waals surface area contributed by atoms with E-state index in [0.717, 1.165) is 16.7 Å². The molecule has 2 aromatic carbocycles. The quantitative estimate of drug-likeness (QED) is 0.626. The molecule has 0 bridgehead atoms. The van der Waals surface area contributed by atoms with Gasteiger partial charge in [0.25, 0.3) is 5.91 Å². The van der Waals surface area contributed by atoms with E-state index in [0.29, 0.717) is 24.0 Å². The maximum absolute atomic E-state index is 13.1. The van der Waals surface area contributed by atoms with Gasteiger partial charge in [0.2, 0.25) is 5.91 Å². The number of nitrogens with zero attached hydrogens (tertiary/aromatic N) is 1. The third kappa shape index (κ3) is 7.31. The molecule has 6 nitrogen and oxygen atoms in total. The molecule has 0 spiro atoms. The fourth-order valence-corrected chi connectivity index (χ4v) is 3.19. The molecule has 0 aromatic heterocycles. The van der Waals surface area contributed by atoms with Crippen LogP contribution in [0.2, 0.25) is 0 Å². The first-order chi connectivity index (χ1) is 14.7. The fraction of sp³-hybridized carbons (Fsp3) is 0.440. The van der Waals surface area contributed by atoms with Crippen LogP contribution in [0.25, 0.3) is 0 Å². The molecule has 2 rings (SSSR count). The van der Waals surface area contributed by atoms with Crippen molar-refractivity contribution in [3.8, 4) is 11.5 Å². The first-order valence-electron chi connectivity index (χ1n) is 10.6. The van der Waals surface area contributed by atoms with Gasteiger partial charge in [-0.2, -0.15) is 0 Å². The van der Waals surface area contributed by atoms with Crippen LogP contribution in [0.15, 0.2) is 42.5 Å². The number of hydrogen-bond donors (Lipinski definition) is 1. The van der Waals surface area contributed by atoms with Crippen molar-refractivity contribution in [1.82, 2.24) is 10.2 Å². The van der Waals surface area contributed by atoms with E-state index in [2.05, 4.69) is 5.32 Å². The number of nitrogens with one attached hydrogen (secondary N) is 1. The van der Waals surface area contributed by atoms with Crippen molar-refractivity contribution >= 4 is 11.8 Å². The van der Waals surface area contributed by atoms with Gasteiger partial charge in [0.15, 0.2) is 6.61 Å². The second kappa shape index (κ2) is 11.4. The van der Waals surface area contributed by atoms with Gasteiger partial charge in [0.1, 0.15) is 17.5 Å². The van der Waals surface area contributed by atoms with Crippen molar-refractivity contribution in [2.75, 3.05) is 20.3 Å². The Morgan fingerprint density at radius 1 is 1.06 bits per heavy atom. The molecule has 0 aliphatic heterocycles. The Morgan fingerprint density at radius 3 is 2.45 bits per heavy atom. The largest absolute Gasteiger partial charge is 0.497 e. The third-order valence-electron chi connectivity index (χ3n) is 5.02. The molecule has 0 heterocycles. The summed E-state index contributed by atoms with van der Waals surface area (Å²) >= 11 is 0. The summed E-state index contributed by atoms with van der Waals surface area (Å²) in [4.78, 5) is 27.4. The predicted octanol–water partition coefficient (Wildman–Crippen LogP) is 3.88. The Labute approximate surface area is 185 Å². The number of methoxy groups -OCH3 is 1. The highest BCUT2D eigenvalue weighted by Gasteiger charge is 2.26. The topological polar surface area (TPSA) is 67.9 Å². The highest BCUT2D eigenvalue weighted by Crippen LogP contribution is 2.20. The summed E-state index contributed by atoms with van der Waals surface area (Å²) < 4.78 is 11.1. The SMILES string of the molecule is COc1cccc(CN(C(=O)COc2ccc(C)cc2C)C(C)C(=O)NCC(C)C)c1. The van der Waals surface area contributed by atoms with E-state index >= 15 is 0 Å². The second-order valence-corrected chi connectivity index (χ2v) is 8.25. The lowest BCUT2D eigenvalue weighted by Gasteiger charge is -2.29. The summed E-state index contributed by atoms with van der Waals surface area (Å²) in [5.74, 6) is 1.25. The number of ether oxygens (including phenoxy) is 2. The Balaban J connectivity index is 2.18. The lowest BCUT2D eigenvalue weighted by molar-refractivity contribution is -0.142. The van der Waals surface area contributed by atoms with Crippen molar-refractivity contribution in [3.05, 3.63) is 59.2 Å². The van der Waals surface area contributed by atoms with Crippen molar-refractivity contribution in [2.45, 2.75) is 47.2 Å². The molecule has 1 unspecified atom stereocenters. The van der Waals surface area contributed by atoms with Crippen LogP contribution in [0, 0.1) is 19.8 Å². The van der Waals surface area contributed by atoms with Crippen molar-refractivity contribution < 1.29 is 19.1 Å². The van der Waals surface area contributed by atoms with Crippen LogP contribution in [0.3, 0.4) is 0 Å². The van der Waals surface area contributed by atoms with Crippen LogP contribution in [0.1, 0.15) is 37.5 Å². The zero-order valence-electron chi connectivity index (χ0n) is 19.4. The minimum atomic E-state index is -0.639. The summed E-state index contributed by atoms with van der Waals surface area (Å²) in [5, 5.41) is 2.92. The lowest BCUT2D eigenvalue weighted by Crippen LogP contribution is -2.49. The van der Waals surface area contributed by atoms with Gasteiger partial charge >= 0.3 is 0 Å². The van der Waals surface area contributed by atoms with Crippen LogP contribution in [0.4, 0.5) is 0 Å². The first kappa shape index (κ1) is 24.3. The van der Waals surface area contributed by atoms with E-state index in [1.54, 1.807) is 18.9 Å². The predicted molar refractivity (Wildman–Crippen MR) is 122 cm³/mol. The highest BCUT2D eigenvalue weighted by atomic mass is 16.5. The number of carbonyl (C=O) groups excluding carboxylic acids is 2. The molecule has 168 valence electrons. The molecule has 2 aromatic rings. The number of aryl methyl sites for hydroxylation is 2. The van der Waals surface area contributed by atoms with Crippen molar-refractivity contribution in [3.63, 3.8) is 0 Å². The zero-order valence-corrected chi connectivity index (χ0v) is 19.4. The Morgan fingerprint density at radius 2 is 1.81 bits per heavy atom. The van der Waals surface area contributed by atoms with Gasteiger partial charge < -0.3 is 19.7 Å². The zero-order chi connectivity index (χ0) is 23.0. The number of rotatable bonds is 10. The molecule has 0 radical (unpaired) electrons. The smallest absolute Gasteiger partial charge is 0.261 e. The van der Waals surface area contributed by atoms with Gasteiger partial charge in [0.05, 0.1) is 7.11 Å². The fourth-order valence-electron chi connectivity index (χ4n) is 3.19. The summed E-state index contributed by atoms with van der Waals surface area (Å²) in [6.07, 6.45) is 0. The average Bonchev–Trinajstić information content (AvgIpc) is 2.74. The van der Waals surface area contributed by atoms with Crippen LogP contribution >= 0.6 is 0 Å². The van der Waals surface area contributed by atoms with E-state index in [-0.39, 0.29) is 25.0 Å². The van der Waals surface area contributed by atoms with E-state index in [4.69, 9.17) is 9.47 Å². The minimum absolute atomic E-state index is 0.143. The van der Waals surface area contributed by atoms with Crippen LogP contribution in [-0.4, -0.2) is 43.0 Å². The maximum Gasteiger partial charge on any atom is 0.261 e. The number of benzene rings is 2. The summed E-state index contributed by atoms with van der Waals surface area (Å²) in [6.45, 7) is 10.5. The molecule has 6 heteroatoms. The minimum Gasteiger partial charge on any atom is -0.497 e. The van der Waals surface area contributed by atoms with Crippen LogP contribution in [-0.2, 0) is 16.1 Å². The maximum atomic E-state index is 13.1. The molecule has 0 saturated carbocycles. The van der Waals surface area contributed by atoms with Crippen LogP contribution in [0.5, 0.6) is 11.5 Å². The van der Waals surface area contributed by atoms with E-state index in [1.807, 2.05) is 70.2 Å². The molecular weight excluding hydrogens is 392 g/mol. The summed E-state index contributed by atoms with van der Waals surface area (Å²) in [5.41, 5.74) is 2.98. The molecule has 0 fully saturated rings. The van der Waals surface area contributed by atoms with Crippen LogP contribution < -0.4 is 14.8 Å². The molecule has 2 amide bonds. The van der Waals surface area contributed by atoms with E-state index < -0.39 is 6.04 Å². The Kier molecular flexibility index (Phi) is 8.91. The number of hydrogen-bond acceptors (Lipinski definition) is 4. The molecule has 1 atom stereocenters. The molecule has 0 aliphatic carbocycles. The molecule has 0 saturated heterocycles. The lowest BCUT2D eigenvalue weighted by atomic mass is 10.1. The van der Waals surface area contributed by atoms with Gasteiger partial charge in [-0.15, -0.1) is 0 Å². The van der Waals surface area contributed by atoms with Gasteiger partial charge in [-0.3, -0.25) is 9.59 Å². The summed E-state index contributed by atoms with van der Waals surface area (Å²) in [7, 11) is 1.60. The monoisotopic (exact) mass is 426 g/mol. The van der Waals surface area contributed by atoms with Gasteiger partial charge in [-0.25, -0.2) is 0 Å². The highest BCUT2D eigenvalue weighted by molar-refractivity contribution is 5.88. The molecule has 31 heavy (non-hydrogen) atoms. The van der Waals surface area contributed by atoms with E-state index in [1.165, 1.54) is 0 Å². The Hall–Kier alpha value is -3.02. The molecule has 1 N–H and O–H groups in total. The van der Waals surface area contributed by atoms with E-state index in [9.17, 15) is 9.59 Å². The number of carbonyl (C=O) groups is 2. The third-order valence-corrected chi connectivity index (χ3v) is 5.02. The molecular formula is C25H34N2O4. The van der Waals surface area contributed by atoms with Gasteiger partial charge in [-0.05, 0) is 56.0 Å². The average molecular weight is 427 g/mol. The standard InChI is InChI=1S/C25H34N2O4/c1-17(2)14-26-25(29)20(5)27(15-21-8-7-9-22(13-21)30-6)24(28)16-31-23-11-10-18(3)12-19(23)4/h7-13,17,20H,14-16H2,1-6H3,(H,26,29). The second-order valence-electron chi connectivity index (χ2n) is 8.25. The number of amides is 2. The normalized spacial score (nSPS) is 11.7. The summed E-state index contributed by atoms with van der Waals surface area (Å²) in [6, 6.07) is 12.7. The first-order valence-corrected chi connectivity index (χ1v) is 10.6.